The van der Waals surface area contributed by atoms with Crippen LogP contribution in [-0.2, 0) is 0 Å². The fourth-order valence-electron chi connectivity index (χ4n) is 8.03. The van der Waals surface area contributed by atoms with E-state index in [-0.39, 0.29) is 24.3 Å². The second-order valence-electron chi connectivity index (χ2n) is 14.9. The summed E-state index contributed by atoms with van der Waals surface area (Å²) in [6, 6.07) is 32.2. The molecule has 252 valence electrons. The minimum Gasteiger partial charge on any atom is -0.385 e. The Kier molecular flexibility index (Phi) is 10.3. The predicted octanol–water partition coefficient (Wildman–Crippen LogP) is 11.0. The highest BCUT2D eigenvalue weighted by Crippen LogP contribution is 2.49. The lowest BCUT2D eigenvalue weighted by atomic mass is 9.34. The number of carbonyl (C=O) groups excluding carboxylic acids is 2. The van der Waals surface area contributed by atoms with Gasteiger partial charge in [-0.3, -0.25) is 9.59 Å². The summed E-state index contributed by atoms with van der Waals surface area (Å²) >= 11 is 5.80. The van der Waals surface area contributed by atoms with Crippen molar-refractivity contribution in [1.82, 2.24) is 9.46 Å². The third-order valence-electron chi connectivity index (χ3n) is 10.3. The summed E-state index contributed by atoms with van der Waals surface area (Å²) in [7, 11) is -1.53. The fraction of sp³-hybridized carbons (Fsp3) is 0.286. The molecular weight excluding hydrogens is 810 g/mol. The fourth-order valence-corrected chi connectivity index (χ4v) is 9.17. The normalized spacial score (nSPS) is 17.9. The van der Waals surface area contributed by atoms with E-state index >= 15 is 0 Å². The number of ketones is 2. The Balaban J connectivity index is 1.38. The number of fused-ring (bicyclic) bond motifs is 2. The molecule has 0 aliphatic carbocycles. The topological polar surface area (TPSA) is 54.9 Å². The Morgan fingerprint density at radius 2 is 1.40 bits per heavy atom. The number of hydrogen-bond donors (Lipinski definition) is 1. The minimum atomic E-state index is -1.53. The highest BCUT2D eigenvalue weighted by molar-refractivity contribution is 14.1. The van der Waals surface area contributed by atoms with Crippen LogP contribution < -0.4 is 0 Å². The highest BCUT2D eigenvalue weighted by Gasteiger charge is 2.44. The van der Waals surface area contributed by atoms with Gasteiger partial charge in [0.15, 0.2) is 0 Å². The van der Waals surface area contributed by atoms with Crippen LogP contribution in [0.2, 0.25) is 31.3 Å². The Bertz CT molecular complexity index is 2060. The van der Waals surface area contributed by atoms with Crippen LogP contribution in [0, 0.1) is 15.0 Å². The van der Waals surface area contributed by atoms with Gasteiger partial charge in [0.05, 0.1) is 17.3 Å². The third-order valence-corrected chi connectivity index (χ3v) is 12.5. The number of rotatable bonds is 8. The van der Waals surface area contributed by atoms with Crippen LogP contribution >= 0.6 is 38.5 Å². The Labute approximate surface area is 319 Å². The van der Waals surface area contributed by atoms with Crippen LogP contribution in [0.4, 0.5) is 0 Å². The van der Waals surface area contributed by atoms with E-state index in [1.54, 1.807) is 0 Å². The van der Waals surface area contributed by atoms with E-state index in [2.05, 4.69) is 115 Å². The van der Waals surface area contributed by atoms with E-state index in [1.165, 1.54) is 38.5 Å². The minimum absolute atomic E-state index is 0.0355. The molecule has 4 nitrogen and oxygen atoms in total. The monoisotopic (exact) mass is 850 g/mol. The van der Waals surface area contributed by atoms with Crippen LogP contribution in [0.25, 0.3) is 0 Å². The van der Waals surface area contributed by atoms with Crippen LogP contribution in [0.1, 0.15) is 99.1 Å². The molecule has 0 saturated carbocycles. The molecule has 2 saturated heterocycles. The second-order valence-corrected chi connectivity index (χ2v) is 21.9. The molecule has 0 radical (unpaired) electrons. The molecule has 0 amide bonds. The van der Waals surface area contributed by atoms with E-state index in [0.29, 0.717) is 28.5 Å². The molecule has 1 unspecified atom stereocenters. The van der Waals surface area contributed by atoms with Gasteiger partial charge in [-0.25, -0.2) is 0 Å². The first kappa shape index (κ1) is 35.0. The zero-order valence-electron chi connectivity index (χ0n) is 28.8. The van der Waals surface area contributed by atoms with Crippen molar-refractivity contribution in [1.29, 1.82) is 0 Å². The van der Waals surface area contributed by atoms with E-state index in [0.717, 1.165) is 36.3 Å². The van der Waals surface area contributed by atoms with Gasteiger partial charge in [0.25, 0.3) is 6.85 Å². The molecule has 7 rings (SSSR count). The molecule has 2 bridgehead atoms. The number of H-pyrrole nitrogens is 1. The summed E-state index contributed by atoms with van der Waals surface area (Å²) in [5.41, 5.74) is 10.3. The van der Waals surface area contributed by atoms with Gasteiger partial charge in [0.2, 0.25) is 11.6 Å². The number of nitrogens with one attached hydrogen (secondary N) is 1. The van der Waals surface area contributed by atoms with Crippen molar-refractivity contribution in [2.75, 3.05) is 0 Å². The van der Waals surface area contributed by atoms with E-state index in [1.807, 2.05) is 60.7 Å². The maximum Gasteiger partial charge on any atom is 0.266 e. The number of aromatic amines is 1. The molecule has 50 heavy (non-hydrogen) atoms. The molecule has 3 aromatic carbocycles. The summed E-state index contributed by atoms with van der Waals surface area (Å²) in [6.07, 6.45) is 7.27. The Hall–Kier alpha value is -3.39. The summed E-state index contributed by atoms with van der Waals surface area (Å²) in [5.74, 6) is 4.26. The van der Waals surface area contributed by atoms with Gasteiger partial charge in [-0.2, -0.15) is 0 Å². The molecule has 4 heterocycles. The number of hydrogen-bond acceptors (Lipinski definition) is 2. The molecule has 1 N–H and O–H groups in total. The quantitative estimate of drug-likeness (QED) is 0.0732. The Morgan fingerprint density at radius 1 is 0.800 bits per heavy atom. The lowest BCUT2D eigenvalue weighted by Crippen LogP contribution is -2.43. The van der Waals surface area contributed by atoms with Gasteiger partial charge < -0.3 is 9.46 Å². The van der Waals surface area contributed by atoms with Crippen molar-refractivity contribution in [3.63, 3.8) is 0 Å². The van der Waals surface area contributed by atoms with E-state index < -0.39 is 8.07 Å². The molecule has 2 fully saturated rings. The van der Waals surface area contributed by atoms with Gasteiger partial charge in [0, 0.05) is 36.1 Å². The Morgan fingerprint density at radius 3 is 2.02 bits per heavy atom. The first-order chi connectivity index (χ1) is 24.1. The lowest BCUT2D eigenvalue weighted by Gasteiger charge is -2.42. The van der Waals surface area contributed by atoms with Gasteiger partial charge in [-0.1, -0.05) is 92.1 Å². The summed E-state index contributed by atoms with van der Waals surface area (Å²) in [5, 5.41) is 0. The lowest BCUT2D eigenvalue weighted by molar-refractivity contribution is 0.102. The van der Waals surface area contributed by atoms with Crippen molar-refractivity contribution in [2.24, 2.45) is 0 Å². The van der Waals surface area contributed by atoms with Gasteiger partial charge >= 0.3 is 0 Å². The van der Waals surface area contributed by atoms with Crippen molar-refractivity contribution in [3.05, 3.63) is 150 Å². The average Bonchev–Trinajstić information content (AvgIpc) is 3.76. The molecule has 5 aromatic rings. The predicted molar refractivity (Wildman–Crippen MR) is 219 cm³/mol. The standard InChI is InChI=1S/C42H41BBrIN2O2Si/c1-50(2,3)27-26-28-10-12-29(13-11-28)40(36-22-23-37(46-36)41(48)30-16-20-35(45)21-17-30)38-24-25-39(42(49)31-14-18-34(44)19-15-31)47(38)43-32-6-4-7-33(43)9-5-8-32/h10-25,32-33,40,46H,4-9H2,1-3H3. The number of halogens is 2. The largest absolute Gasteiger partial charge is 0.385 e. The number of carbonyl (C=O) groups is 2. The maximum absolute atomic E-state index is 14.4. The summed E-state index contributed by atoms with van der Waals surface area (Å²) in [4.78, 5) is 31.7. The smallest absolute Gasteiger partial charge is 0.266 e. The number of nitrogens with zero attached hydrogens (tertiary/aromatic N) is 1. The van der Waals surface area contributed by atoms with Crippen LogP contribution in [0.5, 0.6) is 0 Å². The van der Waals surface area contributed by atoms with Crippen molar-refractivity contribution in [3.8, 4) is 11.5 Å². The number of aromatic nitrogens is 2. The van der Waals surface area contributed by atoms with Crippen LogP contribution in [-0.4, -0.2) is 36.0 Å². The molecule has 0 spiro atoms. The van der Waals surface area contributed by atoms with Gasteiger partial charge in [-0.15, -0.1) is 5.54 Å². The highest BCUT2D eigenvalue weighted by atomic mass is 127. The molecule has 1 atom stereocenters. The van der Waals surface area contributed by atoms with E-state index in [4.69, 9.17) is 0 Å². The first-order valence-corrected chi connectivity index (χ1v) is 23.1. The second kappa shape index (κ2) is 14.7. The first-order valence-electron chi connectivity index (χ1n) is 17.7. The third kappa shape index (κ3) is 7.47. The molecule has 2 aliphatic heterocycles. The summed E-state index contributed by atoms with van der Waals surface area (Å²) < 4.78 is 4.47. The van der Waals surface area contributed by atoms with Crippen LogP contribution in [0.15, 0.2) is 102 Å². The van der Waals surface area contributed by atoms with Gasteiger partial charge in [-0.05, 0) is 125 Å². The average molecular weight is 852 g/mol. The molecule has 8 heteroatoms. The van der Waals surface area contributed by atoms with E-state index in [9.17, 15) is 9.59 Å². The van der Waals surface area contributed by atoms with Gasteiger partial charge in [0.1, 0.15) is 8.07 Å². The zero-order valence-corrected chi connectivity index (χ0v) is 33.6. The SMILES string of the molecule is C[Si](C)(C)C#Cc1ccc(C(c2ccc(C(=O)c3ccc(I)cc3)[nH]2)c2ccc(C(=O)c3ccc(Br)cc3)n2B2C3CCCC2CCC3)cc1. The van der Waals surface area contributed by atoms with Crippen LogP contribution in [0.3, 0.4) is 0 Å². The summed E-state index contributed by atoms with van der Waals surface area (Å²) in [6.45, 7) is 7.02. The molecular formula is C42H41BBrIN2O2Si. The van der Waals surface area contributed by atoms with Crippen molar-refractivity contribution >= 4 is 65.0 Å². The molecule has 2 aromatic heterocycles. The maximum atomic E-state index is 14.4. The zero-order chi connectivity index (χ0) is 35.0. The van der Waals surface area contributed by atoms with Crippen molar-refractivity contribution < 1.29 is 9.59 Å². The number of benzene rings is 3. The van der Waals surface area contributed by atoms with Crippen molar-refractivity contribution in [2.45, 2.75) is 75.7 Å². The molecule has 2 aliphatic rings.